The van der Waals surface area contributed by atoms with Crippen LogP contribution in [0.2, 0.25) is 0 Å². The third-order valence-electron chi connectivity index (χ3n) is 3.10. The number of rotatable bonds is 1. The van der Waals surface area contributed by atoms with Gasteiger partial charge in [0.05, 0.1) is 0 Å². The summed E-state index contributed by atoms with van der Waals surface area (Å²) in [4.78, 5) is 1.66. The SMILES string of the molecule is [B]N(C)c1cccc2cc3ccccc3cc12. The smallest absolute Gasteiger partial charge is 0.226 e. The predicted octanol–water partition coefficient (Wildman–Crippen LogP) is 3.51. The Morgan fingerprint density at radius 2 is 1.47 bits per heavy atom. The first kappa shape index (κ1) is 10.2. The molecule has 0 spiro atoms. The number of hydrogen-bond acceptors (Lipinski definition) is 1. The average Bonchev–Trinajstić information content (AvgIpc) is 2.35. The Balaban J connectivity index is 2.43. The zero-order valence-corrected chi connectivity index (χ0v) is 9.72. The van der Waals surface area contributed by atoms with Crippen molar-refractivity contribution >= 4 is 35.2 Å². The van der Waals surface area contributed by atoms with Gasteiger partial charge < -0.3 is 4.81 Å². The summed E-state index contributed by atoms with van der Waals surface area (Å²) in [6.07, 6.45) is 0. The van der Waals surface area contributed by atoms with Gasteiger partial charge in [0.25, 0.3) is 0 Å². The van der Waals surface area contributed by atoms with Crippen molar-refractivity contribution in [1.82, 2.24) is 0 Å². The van der Waals surface area contributed by atoms with Gasteiger partial charge in [0.2, 0.25) is 7.98 Å². The molecule has 0 saturated carbocycles. The van der Waals surface area contributed by atoms with Crippen LogP contribution in [0.25, 0.3) is 21.5 Å². The van der Waals surface area contributed by atoms with E-state index >= 15 is 0 Å². The maximum atomic E-state index is 5.86. The molecule has 0 fully saturated rings. The summed E-state index contributed by atoms with van der Waals surface area (Å²) in [6.45, 7) is 0. The zero-order chi connectivity index (χ0) is 11.8. The Hall–Kier alpha value is -1.96. The molecule has 0 aliphatic rings. The molecule has 0 heterocycles. The maximum Gasteiger partial charge on any atom is 0.226 e. The normalized spacial score (nSPS) is 10.9. The van der Waals surface area contributed by atoms with Gasteiger partial charge in [0.1, 0.15) is 0 Å². The van der Waals surface area contributed by atoms with Crippen molar-refractivity contribution in [3.8, 4) is 0 Å². The van der Waals surface area contributed by atoms with Crippen LogP contribution in [0.5, 0.6) is 0 Å². The lowest BCUT2D eigenvalue weighted by Gasteiger charge is -2.16. The quantitative estimate of drug-likeness (QED) is 0.445. The van der Waals surface area contributed by atoms with E-state index in [2.05, 4.69) is 42.5 Å². The molecule has 0 saturated heterocycles. The number of benzene rings is 3. The van der Waals surface area contributed by atoms with Crippen molar-refractivity contribution in [2.75, 3.05) is 11.9 Å². The van der Waals surface area contributed by atoms with E-state index in [-0.39, 0.29) is 0 Å². The van der Waals surface area contributed by atoms with Crippen LogP contribution in [-0.2, 0) is 0 Å². The van der Waals surface area contributed by atoms with Crippen LogP contribution in [-0.4, -0.2) is 15.0 Å². The van der Waals surface area contributed by atoms with E-state index < -0.39 is 0 Å². The van der Waals surface area contributed by atoms with Gasteiger partial charge in [-0.1, -0.05) is 36.4 Å². The highest BCUT2D eigenvalue weighted by Gasteiger charge is 2.03. The zero-order valence-electron chi connectivity index (χ0n) is 9.72. The summed E-state index contributed by atoms with van der Waals surface area (Å²) in [6, 6.07) is 19.0. The van der Waals surface area contributed by atoms with Crippen molar-refractivity contribution in [3.05, 3.63) is 54.6 Å². The number of nitrogens with zero attached hydrogens (tertiary/aromatic N) is 1. The van der Waals surface area contributed by atoms with Crippen molar-refractivity contribution in [2.24, 2.45) is 0 Å². The molecule has 2 radical (unpaired) electrons. The lowest BCUT2D eigenvalue weighted by molar-refractivity contribution is 1.36. The predicted molar refractivity (Wildman–Crippen MR) is 75.6 cm³/mol. The third-order valence-corrected chi connectivity index (χ3v) is 3.10. The number of hydrogen-bond donors (Lipinski definition) is 0. The largest absolute Gasteiger partial charge is 0.427 e. The molecule has 80 valence electrons. The maximum absolute atomic E-state index is 5.86. The molecule has 3 aromatic rings. The molecule has 0 N–H and O–H groups in total. The molecule has 0 atom stereocenters. The summed E-state index contributed by atoms with van der Waals surface area (Å²) < 4.78 is 0. The molecule has 3 aromatic carbocycles. The lowest BCUT2D eigenvalue weighted by Crippen LogP contribution is -2.11. The van der Waals surface area contributed by atoms with Crippen molar-refractivity contribution in [2.45, 2.75) is 0 Å². The Kier molecular flexibility index (Phi) is 2.29. The standard InChI is InChI=1S/C15H12BN/c1-17(16)15-8-4-7-13-9-11-5-2-3-6-12(11)10-14(13)15/h2-10H,1H3. The first-order valence-electron chi connectivity index (χ1n) is 5.66. The second-order valence-electron chi connectivity index (χ2n) is 4.31. The van der Waals surface area contributed by atoms with Crippen LogP contribution in [0.3, 0.4) is 0 Å². The lowest BCUT2D eigenvalue weighted by atomic mass is 10.0. The molecule has 0 unspecified atom stereocenters. The van der Waals surface area contributed by atoms with E-state index in [9.17, 15) is 0 Å². The monoisotopic (exact) mass is 217 g/mol. The Morgan fingerprint density at radius 3 is 2.18 bits per heavy atom. The Labute approximate surface area is 102 Å². The van der Waals surface area contributed by atoms with Gasteiger partial charge in [-0.2, -0.15) is 0 Å². The van der Waals surface area contributed by atoms with E-state index in [1.165, 1.54) is 21.5 Å². The molecule has 2 heteroatoms. The van der Waals surface area contributed by atoms with Gasteiger partial charge in [-0.25, -0.2) is 0 Å². The summed E-state index contributed by atoms with van der Waals surface area (Å²) >= 11 is 0. The molecule has 0 amide bonds. The van der Waals surface area contributed by atoms with Gasteiger partial charge in [-0.15, -0.1) is 0 Å². The highest BCUT2D eigenvalue weighted by atomic mass is 15.0. The molecule has 3 rings (SSSR count). The van der Waals surface area contributed by atoms with Gasteiger partial charge in [-0.3, -0.25) is 0 Å². The first-order chi connectivity index (χ1) is 8.25. The molecule has 0 bridgehead atoms. The Bertz CT molecular complexity index is 689. The topological polar surface area (TPSA) is 3.24 Å². The third kappa shape index (κ3) is 1.66. The van der Waals surface area contributed by atoms with Crippen LogP contribution in [0.15, 0.2) is 54.6 Å². The van der Waals surface area contributed by atoms with E-state index in [0.717, 1.165) is 5.69 Å². The highest BCUT2D eigenvalue weighted by Crippen LogP contribution is 2.29. The van der Waals surface area contributed by atoms with Crippen molar-refractivity contribution < 1.29 is 0 Å². The van der Waals surface area contributed by atoms with Crippen LogP contribution < -0.4 is 4.81 Å². The fourth-order valence-corrected chi connectivity index (χ4v) is 2.26. The summed E-state index contributed by atoms with van der Waals surface area (Å²) in [5.74, 6) is 0. The van der Waals surface area contributed by atoms with Gasteiger partial charge in [-0.05, 0) is 41.4 Å². The second kappa shape index (κ2) is 3.81. The van der Waals surface area contributed by atoms with Gasteiger partial charge in [0, 0.05) is 11.1 Å². The van der Waals surface area contributed by atoms with E-state index in [0.29, 0.717) is 0 Å². The van der Waals surface area contributed by atoms with E-state index in [1.54, 1.807) is 4.81 Å². The van der Waals surface area contributed by atoms with E-state index in [4.69, 9.17) is 7.98 Å². The molecule has 1 nitrogen and oxygen atoms in total. The molecular formula is C15H12BN. The number of fused-ring (bicyclic) bond motifs is 2. The van der Waals surface area contributed by atoms with Crippen LogP contribution >= 0.6 is 0 Å². The summed E-state index contributed by atoms with van der Waals surface area (Å²) in [5, 5.41) is 4.92. The minimum atomic E-state index is 1.05. The van der Waals surface area contributed by atoms with E-state index in [1.807, 2.05) is 19.2 Å². The summed E-state index contributed by atoms with van der Waals surface area (Å²) in [7, 11) is 7.72. The van der Waals surface area contributed by atoms with Crippen LogP contribution in [0.1, 0.15) is 0 Å². The molecule has 0 aliphatic carbocycles. The second-order valence-corrected chi connectivity index (χ2v) is 4.31. The van der Waals surface area contributed by atoms with Crippen molar-refractivity contribution in [1.29, 1.82) is 0 Å². The minimum Gasteiger partial charge on any atom is -0.427 e. The van der Waals surface area contributed by atoms with Crippen molar-refractivity contribution in [3.63, 3.8) is 0 Å². The molecular weight excluding hydrogens is 205 g/mol. The average molecular weight is 217 g/mol. The Morgan fingerprint density at radius 1 is 0.824 bits per heavy atom. The van der Waals surface area contributed by atoms with Gasteiger partial charge >= 0.3 is 0 Å². The van der Waals surface area contributed by atoms with Gasteiger partial charge in [0.15, 0.2) is 0 Å². The summed E-state index contributed by atoms with van der Waals surface area (Å²) in [5.41, 5.74) is 1.05. The molecule has 0 aliphatic heterocycles. The van der Waals surface area contributed by atoms with Crippen LogP contribution in [0, 0.1) is 0 Å². The fourth-order valence-electron chi connectivity index (χ4n) is 2.26. The molecule has 0 aromatic heterocycles. The van der Waals surface area contributed by atoms with Crippen LogP contribution in [0.4, 0.5) is 5.69 Å². The fraction of sp³-hybridized carbons (Fsp3) is 0.0667. The highest BCUT2D eigenvalue weighted by molar-refractivity contribution is 6.20. The minimum absolute atomic E-state index is 1.05. The number of anilines is 1. The molecule has 17 heavy (non-hydrogen) atoms. The first-order valence-corrected chi connectivity index (χ1v) is 5.66.